The highest BCUT2D eigenvalue weighted by Gasteiger charge is 2.19. The summed E-state index contributed by atoms with van der Waals surface area (Å²) in [6.45, 7) is 18.6. The first-order valence-electron chi connectivity index (χ1n) is 12.4. The van der Waals surface area contributed by atoms with Gasteiger partial charge in [0.25, 0.3) is 0 Å². The Labute approximate surface area is 226 Å². The number of nitrogens with one attached hydrogen (secondary N) is 3. The molecule has 5 aromatic heterocycles. The van der Waals surface area contributed by atoms with Gasteiger partial charge in [-0.05, 0) is 61.9 Å². The second kappa shape index (κ2) is 9.87. The van der Waals surface area contributed by atoms with Gasteiger partial charge in [-0.15, -0.1) is 11.3 Å². The minimum absolute atomic E-state index is 0.0780. The maximum absolute atomic E-state index is 4.99. The highest BCUT2D eigenvalue weighted by atomic mass is 32.1. The Balaban J connectivity index is 1.55. The Hall–Kier alpha value is -4.30. The number of rotatable bonds is 7. The zero-order chi connectivity index (χ0) is 27.0. The first kappa shape index (κ1) is 25.4. The smallest absolute Gasteiger partial charge is 0.161 e. The van der Waals surface area contributed by atoms with E-state index in [9.17, 15) is 0 Å². The van der Waals surface area contributed by atoms with Gasteiger partial charge in [-0.3, -0.25) is 10.1 Å². The summed E-state index contributed by atoms with van der Waals surface area (Å²) in [5, 5.41) is 11.0. The van der Waals surface area contributed by atoms with Crippen LogP contribution in [0.25, 0.3) is 49.7 Å². The van der Waals surface area contributed by atoms with E-state index < -0.39 is 0 Å². The van der Waals surface area contributed by atoms with Crippen molar-refractivity contribution in [2.45, 2.75) is 34.6 Å². The average molecular weight is 522 g/mol. The molecule has 0 saturated carbocycles. The molecule has 0 bridgehead atoms. The number of thiophene rings is 1. The van der Waals surface area contributed by atoms with Crippen LogP contribution in [0, 0.1) is 12.3 Å². The molecule has 0 saturated heterocycles. The normalized spacial score (nSPS) is 12.9. The summed E-state index contributed by atoms with van der Waals surface area (Å²) in [6.07, 6.45) is 7.65. The van der Waals surface area contributed by atoms with Crippen LogP contribution in [0.5, 0.6) is 0 Å². The Kier molecular flexibility index (Phi) is 6.59. The minimum atomic E-state index is -0.0780. The number of aromatic nitrogens is 6. The number of H-pyrrole nitrogens is 2. The molecule has 0 aromatic carbocycles. The van der Waals surface area contributed by atoms with E-state index in [4.69, 9.17) is 9.97 Å². The van der Waals surface area contributed by atoms with Crippen molar-refractivity contribution in [2.24, 2.45) is 5.41 Å². The van der Waals surface area contributed by atoms with Gasteiger partial charge in [0.1, 0.15) is 16.7 Å². The summed E-state index contributed by atoms with van der Waals surface area (Å²) in [5.41, 5.74) is 8.27. The van der Waals surface area contributed by atoms with Crippen LogP contribution in [0.15, 0.2) is 79.3 Å². The van der Waals surface area contributed by atoms with Gasteiger partial charge in [0, 0.05) is 27.9 Å². The topological polar surface area (TPSA) is 95.2 Å². The molecular formula is C30H31N7S. The molecule has 192 valence electrons. The van der Waals surface area contributed by atoms with Gasteiger partial charge < -0.3 is 10.3 Å². The number of hydrogen-bond donors (Lipinski definition) is 3. The van der Waals surface area contributed by atoms with Gasteiger partial charge in [0.05, 0.1) is 21.6 Å². The number of pyridine rings is 2. The predicted octanol–water partition coefficient (Wildman–Crippen LogP) is 7.56. The van der Waals surface area contributed by atoms with Crippen LogP contribution in [-0.4, -0.2) is 30.1 Å². The van der Waals surface area contributed by atoms with Crippen LogP contribution in [0.4, 0.5) is 0 Å². The van der Waals surface area contributed by atoms with E-state index in [0.29, 0.717) is 11.5 Å². The maximum Gasteiger partial charge on any atom is 0.161 e. The molecule has 38 heavy (non-hydrogen) atoms. The van der Waals surface area contributed by atoms with Crippen LogP contribution in [0.3, 0.4) is 0 Å². The molecule has 0 aliphatic carbocycles. The van der Waals surface area contributed by atoms with E-state index in [1.165, 1.54) is 4.88 Å². The lowest BCUT2D eigenvalue weighted by molar-refractivity contribution is 0.478. The third kappa shape index (κ3) is 4.82. The summed E-state index contributed by atoms with van der Waals surface area (Å²) in [4.78, 5) is 20.3. The molecule has 0 aliphatic heterocycles. The average Bonchev–Trinajstić information content (AvgIpc) is 3.62. The maximum atomic E-state index is 4.99. The van der Waals surface area contributed by atoms with E-state index in [-0.39, 0.29) is 5.41 Å². The SMILES string of the molecule is C=C/C(=C\C(=C/C)c1ccc2[nH]nc(-c3nc4c(-c5ccc(C)s5)nccc4[nH]3)c2n1)NC(=C)C(C)(C)C. The highest BCUT2D eigenvalue weighted by molar-refractivity contribution is 7.15. The van der Waals surface area contributed by atoms with E-state index >= 15 is 0 Å². The number of hydrogen-bond acceptors (Lipinski definition) is 6. The number of aryl methyl sites for hydroxylation is 1. The molecule has 0 fully saturated rings. The van der Waals surface area contributed by atoms with Crippen molar-refractivity contribution < 1.29 is 0 Å². The number of imidazole rings is 1. The Morgan fingerprint density at radius 2 is 1.82 bits per heavy atom. The van der Waals surface area contributed by atoms with Crippen molar-refractivity contribution in [3.63, 3.8) is 0 Å². The van der Waals surface area contributed by atoms with Crippen molar-refractivity contribution in [3.05, 3.63) is 89.9 Å². The lowest BCUT2D eigenvalue weighted by atomic mass is 9.92. The third-order valence-corrected chi connectivity index (χ3v) is 7.35. The lowest BCUT2D eigenvalue weighted by Crippen LogP contribution is -2.22. The second-order valence-electron chi connectivity index (χ2n) is 10.1. The van der Waals surface area contributed by atoms with Crippen molar-refractivity contribution in [1.82, 2.24) is 35.5 Å². The Morgan fingerprint density at radius 1 is 1.03 bits per heavy atom. The number of fused-ring (bicyclic) bond motifs is 2. The fraction of sp³-hybridized carbons (Fsp3) is 0.200. The van der Waals surface area contributed by atoms with Crippen LogP contribution >= 0.6 is 11.3 Å². The molecule has 0 radical (unpaired) electrons. The fourth-order valence-corrected chi connectivity index (χ4v) is 4.86. The molecule has 5 rings (SSSR count). The largest absolute Gasteiger partial charge is 0.359 e. The molecule has 7 nitrogen and oxygen atoms in total. The van der Waals surface area contributed by atoms with Crippen LogP contribution in [0.1, 0.15) is 38.3 Å². The monoisotopic (exact) mass is 521 g/mol. The summed E-state index contributed by atoms with van der Waals surface area (Å²) < 4.78 is 0. The molecule has 3 N–H and O–H groups in total. The standard InChI is InChI=1S/C30H31N7S/c1-8-19(16-20(9-2)32-18(4)30(5,6)7)21-11-12-23-26(33-21)28(37-36-23)29-34-22-14-15-31-27(25(22)35-29)24-13-10-17(3)38-24/h8-16,32H,2,4H2,1,3,5-7H3,(H,34,35)(H,36,37)/b19-8+,20-16+. The van der Waals surface area contributed by atoms with Crippen LogP contribution in [-0.2, 0) is 0 Å². The van der Waals surface area contributed by atoms with Gasteiger partial charge in [-0.2, -0.15) is 5.10 Å². The number of nitrogens with zero attached hydrogens (tertiary/aromatic N) is 4. The van der Waals surface area contributed by atoms with E-state index in [0.717, 1.165) is 55.3 Å². The Bertz CT molecular complexity index is 1740. The van der Waals surface area contributed by atoms with Crippen LogP contribution < -0.4 is 5.32 Å². The first-order valence-corrected chi connectivity index (χ1v) is 13.2. The number of aromatic amines is 2. The lowest BCUT2D eigenvalue weighted by Gasteiger charge is -2.23. The van der Waals surface area contributed by atoms with Gasteiger partial charge >= 0.3 is 0 Å². The van der Waals surface area contributed by atoms with Gasteiger partial charge in [-0.1, -0.05) is 40.0 Å². The molecule has 0 atom stereocenters. The molecule has 5 aromatic rings. The second-order valence-corrected chi connectivity index (χ2v) is 11.4. The number of allylic oxidation sites excluding steroid dienone is 5. The first-order chi connectivity index (χ1) is 18.2. The van der Waals surface area contributed by atoms with Crippen molar-refractivity contribution in [2.75, 3.05) is 0 Å². The third-order valence-electron chi connectivity index (χ3n) is 6.34. The van der Waals surface area contributed by atoms with E-state index in [2.05, 4.69) is 78.5 Å². The zero-order valence-corrected chi connectivity index (χ0v) is 23.1. The molecular weight excluding hydrogens is 490 g/mol. The van der Waals surface area contributed by atoms with Crippen molar-refractivity contribution in [1.29, 1.82) is 0 Å². The Morgan fingerprint density at radius 3 is 2.50 bits per heavy atom. The summed E-state index contributed by atoms with van der Waals surface area (Å²) in [6, 6.07) is 10.1. The van der Waals surface area contributed by atoms with Crippen molar-refractivity contribution >= 4 is 39.0 Å². The van der Waals surface area contributed by atoms with Gasteiger partial charge in [0.15, 0.2) is 11.5 Å². The fourth-order valence-electron chi connectivity index (χ4n) is 3.99. The summed E-state index contributed by atoms with van der Waals surface area (Å²) in [5.74, 6) is 0.644. The van der Waals surface area contributed by atoms with E-state index in [1.54, 1.807) is 23.6 Å². The molecule has 0 unspecified atom stereocenters. The summed E-state index contributed by atoms with van der Waals surface area (Å²) in [7, 11) is 0. The molecule has 0 aliphatic rings. The molecule has 5 heterocycles. The zero-order valence-electron chi connectivity index (χ0n) is 22.3. The minimum Gasteiger partial charge on any atom is -0.359 e. The highest BCUT2D eigenvalue weighted by Crippen LogP contribution is 2.33. The van der Waals surface area contributed by atoms with Gasteiger partial charge in [-0.25, -0.2) is 9.97 Å². The molecule has 0 amide bonds. The van der Waals surface area contributed by atoms with E-state index in [1.807, 2.05) is 37.3 Å². The molecule has 0 spiro atoms. The van der Waals surface area contributed by atoms with Crippen LogP contribution in [0.2, 0.25) is 0 Å². The van der Waals surface area contributed by atoms with Gasteiger partial charge in [0.2, 0.25) is 0 Å². The predicted molar refractivity (Wildman–Crippen MR) is 158 cm³/mol. The molecule has 8 heteroatoms. The quantitative estimate of drug-likeness (QED) is 0.192. The van der Waals surface area contributed by atoms with Crippen molar-refractivity contribution in [3.8, 4) is 22.1 Å². The summed E-state index contributed by atoms with van der Waals surface area (Å²) >= 11 is 1.70.